The van der Waals surface area contributed by atoms with Crippen LogP contribution >= 0.6 is 27.7 Å². The van der Waals surface area contributed by atoms with Crippen molar-refractivity contribution in [3.63, 3.8) is 0 Å². The van der Waals surface area contributed by atoms with Gasteiger partial charge >= 0.3 is 0 Å². The van der Waals surface area contributed by atoms with Crippen LogP contribution in [0.2, 0.25) is 0 Å². The number of anilines is 1. The number of para-hydroxylation sites is 2. The van der Waals surface area contributed by atoms with Gasteiger partial charge in [0.05, 0.1) is 17.2 Å². The summed E-state index contributed by atoms with van der Waals surface area (Å²) in [4.78, 5) is 31.5. The lowest BCUT2D eigenvalue weighted by atomic mass is 10.0. The average Bonchev–Trinajstić information content (AvgIpc) is 3.63. The van der Waals surface area contributed by atoms with Crippen LogP contribution in [-0.4, -0.2) is 56.6 Å². The third-order valence-corrected chi connectivity index (χ3v) is 11.6. The summed E-state index contributed by atoms with van der Waals surface area (Å²) in [6.07, 6.45) is 6.04. The third kappa shape index (κ3) is 9.46. The Morgan fingerprint density at radius 3 is 2.20 bits per heavy atom. The van der Waals surface area contributed by atoms with Crippen molar-refractivity contribution >= 4 is 55.2 Å². The number of nitrogens with one attached hydrogen (secondary N) is 1. The number of benzene rings is 4. The van der Waals surface area contributed by atoms with E-state index in [0.717, 1.165) is 50.5 Å². The fourth-order valence-corrected chi connectivity index (χ4v) is 8.13. The molecule has 0 radical (unpaired) electrons. The maximum atomic E-state index is 14.8. The molecule has 0 bridgehead atoms. The number of carbonyl (C=O) groups excluding carboxylic acids is 2. The van der Waals surface area contributed by atoms with Crippen LogP contribution < -0.4 is 14.4 Å². The van der Waals surface area contributed by atoms with Gasteiger partial charge in [0, 0.05) is 28.4 Å². The van der Waals surface area contributed by atoms with Gasteiger partial charge in [-0.1, -0.05) is 83.4 Å². The highest BCUT2D eigenvalue weighted by Crippen LogP contribution is 2.33. The number of halogens is 1. The molecule has 0 aromatic heterocycles. The summed E-state index contributed by atoms with van der Waals surface area (Å²) in [7, 11) is -4.26. The molecule has 0 saturated heterocycles. The highest BCUT2D eigenvalue weighted by Gasteiger charge is 2.36. The van der Waals surface area contributed by atoms with Gasteiger partial charge in [-0.05, 0) is 85.7 Å². The molecular weight excluding hydrogens is 722 g/mol. The number of hydrogen-bond donors (Lipinski definition) is 1. The van der Waals surface area contributed by atoms with Crippen LogP contribution in [0.1, 0.15) is 43.7 Å². The first kappa shape index (κ1) is 36.5. The van der Waals surface area contributed by atoms with Crippen LogP contribution in [0.3, 0.4) is 0 Å². The van der Waals surface area contributed by atoms with Crippen LogP contribution in [-0.2, 0) is 32.6 Å². The first-order chi connectivity index (χ1) is 23.7. The molecule has 258 valence electrons. The second-order valence-electron chi connectivity index (χ2n) is 11.9. The van der Waals surface area contributed by atoms with Crippen molar-refractivity contribution in [2.75, 3.05) is 23.7 Å². The molecule has 0 heterocycles. The second-order valence-corrected chi connectivity index (χ2v) is 15.6. The lowest BCUT2D eigenvalue weighted by Gasteiger charge is -2.34. The molecule has 8 nitrogen and oxygen atoms in total. The minimum atomic E-state index is -4.26. The summed E-state index contributed by atoms with van der Waals surface area (Å²) in [5.41, 5.74) is 1.94. The summed E-state index contributed by atoms with van der Waals surface area (Å²) in [5.74, 6) is -0.430. The van der Waals surface area contributed by atoms with E-state index in [9.17, 15) is 18.0 Å². The molecule has 1 fully saturated rings. The highest BCUT2D eigenvalue weighted by atomic mass is 79.9. The summed E-state index contributed by atoms with van der Waals surface area (Å²) in [6.45, 7) is 1.68. The fraction of sp³-hybridized carbons (Fsp3) is 0.316. The Kier molecular flexibility index (Phi) is 12.8. The summed E-state index contributed by atoms with van der Waals surface area (Å²) in [6, 6.07) is 29.7. The Balaban J connectivity index is 1.59. The minimum Gasteiger partial charge on any atom is -0.492 e. The normalized spacial score (nSPS) is 13.9. The van der Waals surface area contributed by atoms with E-state index in [1.54, 1.807) is 48.5 Å². The number of ether oxygens (including phenoxy) is 1. The van der Waals surface area contributed by atoms with Gasteiger partial charge in [0.25, 0.3) is 10.0 Å². The molecule has 1 aliphatic carbocycles. The number of nitrogens with zero attached hydrogens (tertiary/aromatic N) is 2. The van der Waals surface area contributed by atoms with E-state index < -0.39 is 28.5 Å². The Morgan fingerprint density at radius 1 is 0.898 bits per heavy atom. The number of rotatable bonds is 15. The van der Waals surface area contributed by atoms with Crippen LogP contribution in [0.25, 0.3) is 0 Å². The average molecular weight is 765 g/mol. The van der Waals surface area contributed by atoms with Gasteiger partial charge in [-0.3, -0.25) is 13.9 Å². The standard InChI is InChI=1S/C38H42BrN3O5S2/c1-3-47-36-16-10-9-15-34(36)42(49(45,46)33-23-21-32(48-2)22-24-33)27-37(43)41(26-29-17-19-30(39)20-18-29)35(25-28-11-5-4-6-12-28)38(44)40-31-13-7-8-14-31/h4-6,9-12,15-24,31,35H,3,7-8,13-14,25-27H2,1-2H3,(H,40,44)/t35-/m1/s1. The van der Waals surface area contributed by atoms with E-state index >= 15 is 0 Å². The molecule has 1 atom stereocenters. The summed E-state index contributed by atoms with van der Waals surface area (Å²) >= 11 is 4.99. The minimum absolute atomic E-state index is 0.0367. The van der Waals surface area contributed by atoms with Gasteiger partial charge in [-0.2, -0.15) is 0 Å². The molecule has 4 aromatic carbocycles. The molecule has 0 aliphatic heterocycles. The van der Waals surface area contributed by atoms with Gasteiger partial charge < -0.3 is 15.0 Å². The van der Waals surface area contributed by atoms with Gasteiger partial charge in [-0.25, -0.2) is 8.42 Å². The molecule has 4 aromatic rings. The number of thioether (sulfide) groups is 1. The first-order valence-corrected chi connectivity index (χ1v) is 19.9. The molecule has 1 aliphatic rings. The van der Waals surface area contributed by atoms with Crippen LogP contribution in [0.15, 0.2) is 117 Å². The lowest BCUT2D eigenvalue weighted by Crippen LogP contribution is -2.54. The van der Waals surface area contributed by atoms with E-state index in [-0.39, 0.29) is 35.5 Å². The van der Waals surface area contributed by atoms with Gasteiger partial charge in [0.2, 0.25) is 11.8 Å². The van der Waals surface area contributed by atoms with E-state index in [1.165, 1.54) is 16.7 Å². The van der Waals surface area contributed by atoms with Crippen molar-refractivity contribution in [3.8, 4) is 5.75 Å². The molecule has 1 saturated carbocycles. The van der Waals surface area contributed by atoms with Gasteiger partial charge in [0.1, 0.15) is 18.3 Å². The van der Waals surface area contributed by atoms with E-state index in [4.69, 9.17) is 4.74 Å². The van der Waals surface area contributed by atoms with Crippen molar-refractivity contribution in [1.29, 1.82) is 0 Å². The van der Waals surface area contributed by atoms with Crippen molar-refractivity contribution in [1.82, 2.24) is 10.2 Å². The van der Waals surface area contributed by atoms with Crippen LogP contribution in [0.5, 0.6) is 5.75 Å². The molecule has 5 rings (SSSR count). The van der Waals surface area contributed by atoms with Gasteiger partial charge in [-0.15, -0.1) is 11.8 Å². The zero-order valence-corrected chi connectivity index (χ0v) is 31.0. The maximum absolute atomic E-state index is 14.8. The monoisotopic (exact) mass is 763 g/mol. The fourth-order valence-electron chi connectivity index (χ4n) is 6.04. The third-order valence-electron chi connectivity index (χ3n) is 8.60. The summed E-state index contributed by atoms with van der Waals surface area (Å²) < 4.78 is 36.8. The molecule has 0 spiro atoms. The van der Waals surface area contributed by atoms with E-state index in [0.29, 0.717) is 12.4 Å². The summed E-state index contributed by atoms with van der Waals surface area (Å²) in [5, 5.41) is 3.21. The van der Waals surface area contributed by atoms with E-state index in [2.05, 4.69) is 21.2 Å². The topological polar surface area (TPSA) is 96.0 Å². The molecule has 0 unspecified atom stereocenters. The zero-order chi connectivity index (χ0) is 34.8. The number of sulfonamides is 1. The molecular formula is C38H42BrN3O5S2. The van der Waals surface area contributed by atoms with Gasteiger partial charge in [0.15, 0.2) is 0 Å². The van der Waals surface area contributed by atoms with Crippen molar-refractivity contribution in [2.24, 2.45) is 0 Å². The molecule has 1 N–H and O–H groups in total. The van der Waals surface area contributed by atoms with Crippen LogP contribution in [0.4, 0.5) is 5.69 Å². The largest absolute Gasteiger partial charge is 0.492 e. The lowest BCUT2D eigenvalue weighted by molar-refractivity contribution is -0.140. The SMILES string of the molecule is CCOc1ccccc1N(CC(=O)N(Cc1ccc(Br)cc1)[C@H](Cc1ccccc1)C(=O)NC1CCCC1)S(=O)(=O)c1ccc(SC)cc1. The Bertz CT molecular complexity index is 1800. The smallest absolute Gasteiger partial charge is 0.264 e. The van der Waals surface area contributed by atoms with Crippen molar-refractivity contribution < 1.29 is 22.7 Å². The predicted octanol–water partition coefficient (Wildman–Crippen LogP) is 7.46. The Hall–Kier alpha value is -3.80. The zero-order valence-electron chi connectivity index (χ0n) is 27.8. The predicted molar refractivity (Wildman–Crippen MR) is 199 cm³/mol. The number of amides is 2. The highest BCUT2D eigenvalue weighted by molar-refractivity contribution is 9.10. The van der Waals surface area contributed by atoms with Crippen molar-refractivity contribution in [2.45, 2.75) is 67.4 Å². The van der Waals surface area contributed by atoms with Crippen LogP contribution in [0, 0.1) is 0 Å². The maximum Gasteiger partial charge on any atom is 0.264 e. The second kappa shape index (κ2) is 17.2. The van der Waals surface area contributed by atoms with Crippen molar-refractivity contribution in [3.05, 3.63) is 119 Å². The molecule has 2 amide bonds. The Morgan fingerprint density at radius 2 is 1.55 bits per heavy atom. The quantitative estimate of drug-likeness (QED) is 0.126. The Labute approximate surface area is 302 Å². The molecule has 49 heavy (non-hydrogen) atoms. The molecule has 11 heteroatoms. The van der Waals surface area contributed by atoms with E-state index in [1.807, 2.05) is 67.8 Å². The number of hydrogen-bond acceptors (Lipinski definition) is 6. The first-order valence-electron chi connectivity index (χ1n) is 16.5. The number of carbonyl (C=O) groups is 2.